The first-order chi connectivity index (χ1) is 12.4. The molecule has 3 rings (SSSR count). The van der Waals surface area contributed by atoms with Gasteiger partial charge in [-0.05, 0) is 41.5 Å². The number of hydrogen-bond donors (Lipinski definition) is 1. The third kappa shape index (κ3) is 3.25. The van der Waals surface area contributed by atoms with Crippen LogP contribution in [0.15, 0.2) is 48.7 Å². The van der Waals surface area contributed by atoms with Gasteiger partial charge in [0.2, 0.25) is 0 Å². The Labute approximate surface area is 160 Å². The van der Waals surface area contributed by atoms with E-state index in [1.165, 1.54) is 17.9 Å². The zero-order valence-electron chi connectivity index (χ0n) is 13.7. The molecule has 3 aromatic rings. The van der Waals surface area contributed by atoms with Gasteiger partial charge in [-0.1, -0.05) is 35.3 Å². The van der Waals surface area contributed by atoms with Crippen LogP contribution in [0.25, 0.3) is 16.8 Å². The minimum absolute atomic E-state index is 0.0880. The van der Waals surface area contributed by atoms with Crippen LogP contribution in [0.2, 0.25) is 10.0 Å². The average Bonchev–Trinajstić information content (AvgIpc) is 2.97. The van der Waals surface area contributed by atoms with Gasteiger partial charge in [-0.15, -0.1) is 0 Å². The molecule has 1 heterocycles. The second kappa shape index (κ2) is 7.12. The van der Waals surface area contributed by atoms with Gasteiger partial charge in [-0.3, -0.25) is 0 Å². The molecule has 0 unspecified atom stereocenters. The summed E-state index contributed by atoms with van der Waals surface area (Å²) < 4.78 is 6.31. The van der Waals surface area contributed by atoms with E-state index in [9.17, 15) is 10.1 Å². The number of carbonyl (C=O) groups excluding carboxylic acids is 1. The normalized spacial score (nSPS) is 10.4. The van der Waals surface area contributed by atoms with E-state index in [2.05, 4.69) is 0 Å². The summed E-state index contributed by atoms with van der Waals surface area (Å²) in [5.41, 5.74) is 8.75. The molecular weight excluding hydrogens is 373 g/mol. The topological polar surface area (TPSA) is 81.0 Å². The van der Waals surface area contributed by atoms with Gasteiger partial charge in [0.15, 0.2) is 5.69 Å². The number of anilines is 1. The van der Waals surface area contributed by atoms with Gasteiger partial charge in [0, 0.05) is 21.9 Å². The number of nitriles is 1. The molecule has 0 amide bonds. The fourth-order valence-electron chi connectivity index (χ4n) is 2.65. The molecule has 5 nitrogen and oxygen atoms in total. The van der Waals surface area contributed by atoms with Crippen molar-refractivity contribution in [2.75, 3.05) is 12.8 Å². The van der Waals surface area contributed by atoms with Gasteiger partial charge in [0.05, 0.1) is 18.4 Å². The second-order valence-corrected chi connectivity index (χ2v) is 6.36. The van der Waals surface area contributed by atoms with Crippen molar-refractivity contribution in [1.82, 2.24) is 4.57 Å². The summed E-state index contributed by atoms with van der Waals surface area (Å²) in [5.74, 6) is -0.616. The van der Waals surface area contributed by atoms with E-state index < -0.39 is 5.97 Å². The lowest BCUT2D eigenvalue weighted by Gasteiger charge is -2.10. The Balaban J connectivity index is 2.07. The van der Waals surface area contributed by atoms with Crippen molar-refractivity contribution in [2.45, 2.75) is 0 Å². The summed E-state index contributed by atoms with van der Waals surface area (Å²) in [6, 6.07) is 14.6. The van der Waals surface area contributed by atoms with Gasteiger partial charge in [0.25, 0.3) is 0 Å². The lowest BCUT2D eigenvalue weighted by Crippen LogP contribution is -2.11. The number of aromatic nitrogens is 1. The van der Waals surface area contributed by atoms with Gasteiger partial charge in [-0.2, -0.15) is 5.26 Å². The van der Waals surface area contributed by atoms with E-state index in [0.717, 1.165) is 11.1 Å². The molecule has 0 spiro atoms. The smallest absolute Gasteiger partial charge is 0.357 e. The molecule has 0 aliphatic heterocycles. The maximum Gasteiger partial charge on any atom is 0.357 e. The summed E-state index contributed by atoms with van der Waals surface area (Å²) in [6.45, 7) is 0. The minimum atomic E-state index is -0.616. The van der Waals surface area contributed by atoms with Crippen molar-refractivity contribution >= 4 is 34.9 Å². The lowest BCUT2D eigenvalue weighted by atomic mass is 10.1. The van der Waals surface area contributed by atoms with E-state index in [1.807, 2.05) is 30.3 Å². The van der Waals surface area contributed by atoms with Crippen LogP contribution >= 0.6 is 23.2 Å². The number of ether oxygens (including phenoxy) is 1. The molecule has 0 radical (unpaired) electrons. The predicted octanol–water partition coefficient (Wildman–Crippen LogP) is 4.69. The summed E-state index contributed by atoms with van der Waals surface area (Å²) in [6.07, 6.45) is 1.51. The van der Waals surface area contributed by atoms with E-state index in [4.69, 9.17) is 33.7 Å². The monoisotopic (exact) mass is 385 g/mol. The van der Waals surface area contributed by atoms with Crippen LogP contribution in [0.1, 0.15) is 16.1 Å². The van der Waals surface area contributed by atoms with Crippen LogP contribution in [0.3, 0.4) is 0 Å². The highest BCUT2D eigenvalue weighted by Crippen LogP contribution is 2.29. The molecule has 0 fully saturated rings. The van der Waals surface area contributed by atoms with Gasteiger partial charge in [0.1, 0.15) is 6.07 Å². The van der Waals surface area contributed by atoms with Crippen molar-refractivity contribution in [3.63, 3.8) is 0 Å². The number of nitrogens with two attached hydrogens (primary N) is 1. The third-order valence-corrected chi connectivity index (χ3v) is 4.32. The molecule has 2 aromatic carbocycles. The fourth-order valence-corrected chi connectivity index (χ4v) is 3.18. The number of hydrogen-bond acceptors (Lipinski definition) is 4. The maximum absolute atomic E-state index is 12.1. The van der Waals surface area contributed by atoms with E-state index in [-0.39, 0.29) is 16.9 Å². The largest absolute Gasteiger partial charge is 0.464 e. The second-order valence-electron chi connectivity index (χ2n) is 5.48. The number of esters is 1. The number of benzene rings is 2. The van der Waals surface area contributed by atoms with E-state index in [1.54, 1.807) is 18.2 Å². The Bertz CT molecular complexity index is 1010. The van der Waals surface area contributed by atoms with Crippen LogP contribution < -0.4 is 5.73 Å². The molecule has 0 aliphatic rings. The Kier molecular flexibility index (Phi) is 4.90. The first-order valence-electron chi connectivity index (χ1n) is 7.50. The predicted molar refractivity (Wildman–Crippen MR) is 102 cm³/mol. The molecule has 1 aromatic heterocycles. The molecule has 0 bridgehead atoms. The van der Waals surface area contributed by atoms with Gasteiger partial charge in [-0.25, -0.2) is 4.79 Å². The molecule has 0 atom stereocenters. The van der Waals surface area contributed by atoms with E-state index >= 15 is 0 Å². The van der Waals surface area contributed by atoms with Crippen molar-refractivity contribution in [3.8, 4) is 22.9 Å². The Morgan fingerprint density at radius 1 is 1.12 bits per heavy atom. The quantitative estimate of drug-likeness (QED) is 0.662. The highest BCUT2D eigenvalue weighted by Gasteiger charge is 2.21. The Hall–Kier alpha value is -2.94. The van der Waals surface area contributed by atoms with Crippen LogP contribution in [-0.2, 0) is 4.74 Å². The fraction of sp³-hybridized carbons (Fsp3) is 0.0526. The molecule has 0 saturated heterocycles. The number of rotatable bonds is 3. The highest BCUT2D eigenvalue weighted by atomic mass is 35.5. The summed E-state index contributed by atoms with van der Waals surface area (Å²) in [4.78, 5) is 12.1. The number of nitrogens with zero attached hydrogens (tertiary/aromatic N) is 2. The molecule has 0 saturated carbocycles. The van der Waals surface area contributed by atoms with Crippen LogP contribution in [0.4, 0.5) is 5.69 Å². The summed E-state index contributed by atoms with van der Waals surface area (Å²) >= 11 is 12.1. The average molecular weight is 386 g/mol. The van der Waals surface area contributed by atoms with Crippen molar-refractivity contribution < 1.29 is 9.53 Å². The standard InChI is InChI=1S/C19H13Cl2N3O2/c1-26-19(25)18-17(23)13(9-22)10-24(18)16-4-2-11(3-5-16)12-6-14(20)8-15(21)7-12/h2-8,10H,23H2,1H3. The minimum Gasteiger partial charge on any atom is -0.464 e. The molecule has 7 heteroatoms. The summed E-state index contributed by atoms with van der Waals surface area (Å²) in [5, 5.41) is 10.3. The molecule has 2 N–H and O–H groups in total. The Morgan fingerprint density at radius 2 is 1.73 bits per heavy atom. The Morgan fingerprint density at radius 3 is 2.27 bits per heavy atom. The summed E-state index contributed by atoms with van der Waals surface area (Å²) in [7, 11) is 1.26. The number of nitrogen functional groups attached to an aromatic ring is 1. The zero-order valence-corrected chi connectivity index (χ0v) is 15.2. The first-order valence-corrected chi connectivity index (χ1v) is 8.26. The van der Waals surface area contributed by atoms with E-state index in [0.29, 0.717) is 15.7 Å². The first kappa shape index (κ1) is 17.9. The lowest BCUT2D eigenvalue weighted by molar-refractivity contribution is 0.0593. The molecule has 26 heavy (non-hydrogen) atoms. The van der Waals surface area contributed by atoms with Crippen LogP contribution in [0, 0.1) is 11.3 Å². The SMILES string of the molecule is COC(=O)c1c(N)c(C#N)cn1-c1ccc(-c2cc(Cl)cc(Cl)c2)cc1. The molecule has 130 valence electrons. The third-order valence-electron chi connectivity index (χ3n) is 3.88. The number of carbonyl (C=O) groups is 1. The molecule has 0 aliphatic carbocycles. The number of methoxy groups -OCH3 is 1. The zero-order chi connectivity index (χ0) is 18.8. The van der Waals surface area contributed by atoms with Crippen molar-refractivity contribution in [2.24, 2.45) is 0 Å². The van der Waals surface area contributed by atoms with Gasteiger partial charge < -0.3 is 15.0 Å². The highest BCUT2D eigenvalue weighted by molar-refractivity contribution is 6.35. The van der Waals surface area contributed by atoms with Gasteiger partial charge >= 0.3 is 5.97 Å². The van der Waals surface area contributed by atoms with Crippen LogP contribution in [-0.4, -0.2) is 17.6 Å². The van der Waals surface area contributed by atoms with Crippen molar-refractivity contribution in [3.05, 3.63) is 70.0 Å². The van der Waals surface area contributed by atoms with Crippen LogP contribution in [0.5, 0.6) is 0 Å². The number of halogens is 2. The maximum atomic E-state index is 12.1. The van der Waals surface area contributed by atoms with Crippen molar-refractivity contribution in [1.29, 1.82) is 5.26 Å². The molecular formula is C19H13Cl2N3O2.